The normalized spacial score (nSPS) is 11.3. The SMILES string of the molecule is CCCCNC(N)=NCCCCCCCN=C(N)N. The Morgan fingerprint density at radius 3 is 2.00 bits per heavy atom. The van der Waals surface area contributed by atoms with Crippen molar-refractivity contribution in [2.24, 2.45) is 27.2 Å². The maximum absolute atomic E-state index is 5.72. The van der Waals surface area contributed by atoms with Gasteiger partial charge < -0.3 is 22.5 Å². The van der Waals surface area contributed by atoms with Crippen LogP contribution in [-0.4, -0.2) is 31.6 Å². The van der Waals surface area contributed by atoms with Crippen LogP contribution in [0, 0.1) is 0 Å². The van der Waals surface area contributed by atoms with Gasteiger partial charge in [-0.3, -0.25) is 9.98 Å². The highest BCUT2D eigenvalue weighted by Gasteiger charge is 1.92. The fraction of sp³-hybridized carbons (Fsp3) is 0.846. The van der Waals surface area contributed by atoms with Crippen LogP contribution in [0.25, 0.3) is 0 Å². The lowest BCUT2D eigenvalue weighted by Gasteiger charge is -2.04. The average molecular weight is 270 g/mol. The Bertz CT molecular complexity index is 258. The van der Waals surface area contributed by atoms with Crippen LogP contribution in [0.1, 0.15) is 51.9 Å². The van der Waals surface area contributed by atoms with Crippen molar-refractivity contribution in [1.29, 1.82) is 0 Å². The van der Waals surface area contributed by atoms with E-state index in [9.17, 15) is 0 Å². The van der Waals surface area contributed by atoms with Crippen molar-refractivity contribution in [3.05, 3.63) is 0 Å². The molecule has 0 radical (unpaired) electrons. The minimum absolute atomic E-state index is 0.181. The number of nitrogens with zero attached hydrogens (tertiary/aromatic N) is 2. The van der Waals surface area contributed by atoms with Crippen LogP contribution < -0.4 is 22.5 Å². The number of rotatable bonds is 11. The molecule has 0 aliphatic heterocycles. The molecule has 0 heterocycles. The smallest absolute Gasteiger partial charge is 0.188 e. The molecule has 0 unspecified atom stereocenters. The third-order valence-corrected chi connectivity index (χ3v) is 2.73. The van der Waals surface area contributed by atoms with Gasteiger partial charge in [0.2, 0.25) is 0 Å². The number of aliphatic imine (C=N–C) groups is 2. The Labute approximate surface area is 116 Å². The van der Waals surface area contributed by atoms with Crippen molar-refractivity contribution in [1.82, 2.24) is 5.32 Å². The molecule has 0 saturated heterocycles. The summed E-state index contributed by atoms with van der Waals surface area (Å²) in [5.41, 5.74) is 16.2. The molecule has 0 fully saturated rings. The topological polar surface area (TPSA) is 115 Å². The van der Waals surface area contributed by atoms with Gasteiger partial charge in [-0.05, 0) is 19.3 Å². The molecule has 0 bridgehead atoms. The Balaban J connectivity index is 3.30. The van der Waals surface area contributed by atoms with E-state index in [1.165, 1.54) is 19.3 Å². The van der Waals surface area contributed by atoms with Crippen LogP contribution >= 0.6 is 0 Å². The van der Waals surface area contributed by atoms with E-state index in [1.807, 2.05) is 0 Å². The fourth-order valence-electron chi connectivity index (χ4n) is 1.61. The second kappa shape index (κ2) is 13.0. The second-order valence-corrected chi connectivity index (χ2v) is 4.62. The summed E-state index contributed by atoms with van der Waals surface area (Å²) in [5.74, 6) is 0.751. The molecular weight excluding hydrogens is 240 g/mol. The summed E-state index contributed by atoms with van der Waals surface area (Å²) >= 11 is 0. The molecule has 0 aromatic rings. The lowest BCUT2D eigenvalue weighted by Crippen LogP contribution is -2.32. The Morgan fingerprint density at radius 2 is 1.42 bits per heavy atom. The van der Waals surface area contributed by atoms with E-state index in [1.54, 1.807) is 0 Å². The summed E-state index contributed by atoms with van der Waals surface area (Å²) in [7, 11) is 0. The number of unbranched alkanes of at least 4 members (excludes halogenated alkanes) is 5. The number of nitrogens with one attached hydrogen (secondary N) is 1. The van der Waals surface area contributed by atoms with Crippen molar-refractivity contribution in [3.63, 3.8) is 0 Å². The quantitative estimate of drug-likeness (QED) is 0.254. The highest BCUT2D eigenvalue weighted by molar-refractivity contribution is 5.77. The number of hydrogen-bond acceptors (Lipinski definition) is 2. The summed E-state index contributed by atoms with van der Waals surface area (Å²) < 4.78 is 0. The molecule has 0 rings (SSSR count). The molecule has 6 nitrogen and oxygen atoms in total. The van der Waals surface area contributed by atoms with Crippen LogP contribution in [0.15, 0.2) is 9.98 Å². The summed E-state index contributed by atoms with van der Waals surface area (Å²) in [4.78, 5) is 8.22. The van der Waals surface area contributed by atoms with E-state index in [-0.39, 0.29) is 5.96 Å². The fourth-order valence-corrected chi connectivity index (χ4v) is 1.61. The number of hydrogen-bond donors (Lipinski definition) is 4. The molecule has 0 aliphatic carbocycles. The molecular formula is C13H30N6. The lowest BCUT2D eigenvalue weighted by atomic mass is 10.1. The van der Waals surface area contributed by atoms with Gasteiger partial charge in [0, 0.05) is 19.6 Å². The van der Waals surface area contributed by atoms with Crippen molar-refractivity contribution in [2.75, 3.05) is 19.6 Å². The summed E-state index contributed by atoms with van der Waals surface area (Å²) in [5, 5.41) is 3.10. The first-order valence-electron chi connectivity index (χ1n) is 7.26. The molecule has 6 heteroatoms. The van der Waals surface area contributed by atoms with Gasteiger partial charge in [-0.2, -0.15) is 0 Å². The van der Waals surface area contributed by atoms with E-state index < -0.39 is 0 Å². The highest BCUT2D eigenvalue weighted by atomic mass is 15.1. The molecule has 0 atom stereocenters. The Kier molecular flexibility index (Phi) is 12.0. The van der Waals surface area contributed by atoms with Crippen LogP contribution in [-0.2, 0) is 0 Å². The lowest BCUT2D eigenvalue weighted by molar-refractivity contribution is 0.622. The number of guanidine groups is 2. The molecule has 19 heavy (non-hydrogen) atoms. The van der Waals surface area contributed by atoms with Crippen LogP contribution in [0.2, 0.25) is 0 Å². The zero-order valence-electron chi connectivity index (χ0n) is 12.2. The van der Waals surface area contributed by atoms with Gasteiger partial charge >= 0.3 is 0 Å². The Hall–Kier alpha value is -1.46. The molecule has 0 aromatic heterocycles. The first kappa shape index (κ1) is 17.5. The van der Waals surface area contributed by atoms with Crippen LogP contribution in [0.5, 0.6) is 0 Å². The maximum Gasteiger partial charge on any atom is 0.188 e. The summed E-state index contributed by atoms with van der Waals surface area (Å²) in [6.07, 6.45) is 7.95. The van der Waals surface area contributed by atoms with Gasteiger partial charge in [0.1, 0.15) is 0 Å². The predicted octanol–water partition coefficient (Wildman–Crippen LogP) is 0.915. The van der Waals surface area contributed by atoms with Crippen molar-refractivity contribution in [3.8, 4) is 0 Å². The van der Waals surface area contributed by atoms with Crippen molar-refractivity contribution < 1.29 is 0 Å². The van der Waals surface area contributed by atoms with E-state index >= 15 is 0 Å². The minimum atomic E-state index is 0.181. The van der Waals surface area contributed by atoms with Gasteiger partial charge in [0.05, 0.1) is 0 Å². The molecule has 0 saturated carbocycles. The molecule has 0 spiro atoms. The third kappa shape index (κ3) is 14.5. The van der Waals surface area contributed by atoms with Gasteiger partial charge in [0.25, 0.3) is 0 Å². The van der Waals surface area contributed by atoms with E-state index in [0.717, 1.165) is 45.3 Å². The zero-order chi connectivity index (χ0) is 14.3. The third-order valence-electron chi connectivity index (χ3n) is 2.73. The van der Waals surface area contributed by atoms with Crippen LogP contribution in [0.3, 0.4) is 0 Å². The molecule has 0 aliphatic rings. The first-order valence-corrected chi connectivity index (χ1v) is 7.26. The predicted molar refractivity (Wildman–Crippen MR) is 83.2 cm³/mol. The van der Waals surface area contributed by atoms with Gasteiger partial charge in [0.15, 0.2) is 11.9 Å². The van der Waals surface area contributed by atoms with Crippen molar-refractivity contribution >= 4 is 11.9 Å². The highest BCUT2D eigenvalue weighted by Crippen LogP contribution is 2.03. The van der Waals surface area contributed by atoms with E-state index in [4.69, 9.17) is 17.2 Å². The average Bonchev–Trinajstić information content (AvgIpc) is 2.36. The summed E-state index contributed by atoms with van der Waals surface area (Å²) in [6.45, 7) is 4.60. The minimum Gasteiger partial charge on any atom is -0.370 e. The number of nitrogens with two attached hydrogens (primary N) is 3. The summed E-state index contributed by atoms with van der Waals surface area (Å²) in [6, 6.07) is 0. The zero-order valence-corrected chi connectivity index (χ0v) is 12.2. The standard InChI is InChI=1S/C13H30N6/c1-2-3-9-18-13(16)19-11-8-6-4-5-7-10-17-12(14)15/h2-11H2,1H3,(H4,14,15,17)(H3,16,18,19). The Morgan fingerprint density at radius 1 is 0.842 bits per heavy atom. The van der Waals surface area contributed by atoms with Gasteiger partial charge in [-0.15, -0.1) is 0 Å². The van der Waals surface area contributed by atoms with Gasteiger partial charge in [-0.25, -0.2) is 0 Å². The van der Waals surface area contributed by atoms with Crippen molar-refractivity contribution in [2.45, 2.75) is 51.9 Å². The van der Waals surface area contributed by atoms with E-state index in [2.05, 4.69) is 22.2 Å². The van der Waals surface area contributed by atoms with E-state index in [0.29, 0.717) is 5.96 Å². The molecule has 7 N–H and O–H groups in total. The largest absolute Gasteiger partial charge is 0.370 e. The molecule has 0 aromatic carbocycles. The first-order chi connectivity index (χ1) is 9.16. The monoisotopic (exact) mass is 270 g/mol. The van der Waals surface area contributed by atoms with Crippen LogP contribution in [0.4, 0.5) is 0 Å². The molecule has 112 valence electrons. The van der Waals surface area contributed by atoms with Gasteiger partial charge in [-0.1, -0.05) is 32.6 Å². The molecule has 0 amide bonds. The maximum atomic E-state index is 5.72. The second-order valence-electron chi connectivity index (χ2n) is 4.62.